The highest BCUT2D eigenvalue weighted by Gasteiger charge is 2.19. The second-order valence-corrected chi connectivity index (χ2v) is 6.05. The molecule has 0 amide bonds. The molecule has 19 heavy (non-hydrogen) atoms. The summed E-state index contributed by atoms with van der Waals surface area (Å²) >= 11 is 1.82. The third-order valence-electron chi connectivity index (χ3n) is 3.74. The van der Waals surface area contributed by atoms with Gasteiger partial charge in [-0.25, -0.2) is 0 Å². The summed E-state index contributed by atoms with van der Waals surface area (Å²) in [6.45, 7) is 8.69. The van der Waals surface area contributed by atoms with E-state index in [0.29, 0.717) is 12.1 Å². The first-order valence-electron chi connectivity index (χ1n) is 6.84. The van der Waals surface area contributed by atoms with Crippen molar-refractivity contribution in [2.75, 3.05) is 0 Å². The molecule has 104 valence electrons. The molecular formula is C15H23N3S. The van der Waals surface area contributed by atoms with Crippen molar-refractivity contribution in [3.8, 4) is 0 Å². The topological polar surface area (TPSA) is 29.9 Å². The fourth-order valence-corrected chi connectivity index (χ4v) is 3.56. The van der Waals surface area contributed by atoms with E-state index in [-0.39, 0.29) is 0 Å². The predicted octanol–water partition coefficient (Wildman–Crippen LogP) is 3.90. The maximum Gasteiger partial charge on any atom is 0.0644 e. The SMILES string of the molecule is CCC(NC(C)c1c(C)nn(C)c1C)c1cccs1. The van der Waals surface area contributed by atoms with Crippen LogP contribution in [0, 0.1) is 13.8 Å². The maximum atomic E-state index is 4.51. The molecular weight excluding hydrogens is 254 g/mol. The van der Waals surface area contributed by atoms with E-state index in [1.54, 1.807) is 0 Å². The number of nitrogens with zero attached hydrogens (tertiary/aromatic N) is 2. The number of aromatic nitrogens is 2. The van der Waals surface area contributed by atoms with Crippen molar-refractivity contribution >= 4 is 11.3 Å². The summed E-state index contributed by atoms with van der Waals surface area (Å²) in [5, 5.41) is 10.4. The summed E-state index contributed by atoms with van der Waals surface area (Å²) in [6.07, 6.45) is 1.10. The molecule has 0 saturated carbocycles. The van der Waals surface area contributed by atoms with Crippen molar-refractivity contribution in [1.29, 1.82) is 0 Å². The van der Waals surface area contributed by atoms with Gasteiger partial charge < -0.3 is 5.32 Å². The Morgan fingerprint density at radius 2 is 2.16 bits per heavy atom. The highest BCUT2D eigenvalue weighted by Crippen LogP contribution is 2.27. The first-order chi connectivity index (χ1) is 9.04. The van der Waals surface area contributed by atoms with E-state index < -0.39 is 0 Å². The van der Waals surface area contributed by atoms with Gasteiger partial charge in [0.25, 0.3) is 0 Å². The van der Waals surface area contributed by atoms with Gasteiger partial charge in [0.2, 0.25) is 0 Å². The minimum absolute atomic E-state index is 0.320. The summed E-state index contributed by atoms with van der Waals surface area (Å²) in [5.41, 5.74) is 3.71. The lowest BCUT2D eigenvalue weighted by Crippen LogP contribution is -2.24. The summed E-state index contributed by atoms with van der Waals surface area (Å²) in [6, 6.07) is 5.08. The Morgan fingerprint density at radius 1 is 1.42 bits per heavy atom. The lowest BCUT2D eigenvalue weighted by Gasteiger charge is -2.22. The van der Waals surface area contributed by atoms with Crippen molar-refractivity contribution in [3.63, 3.8) is 0 Å². The molecule has 2 rings (SSSR count). The van der Waals surface area contributed by atoms with Crippen LogP contribution < -0.4 is 5.32 Å². The lowest BCUT2D eigenvalue weighted by molar-refractivity contribution is 0.459. The van der Waals surface area contributed by atoms with Crippen LogP contribution in [-0.2, 0) is 7.05 Å². The molecule has 4 heteroatoms. The second-order valence-electron chi connectivity index (χ2n) is 5.07. The summed E-state index contributed by atoms with van der Waals surface area (Å²) in [7, 11) is 2.01. The average Bonchev–Trinajstić information content (AvgIpc) is 2.96. The number of rotatable bonds is 5. The minimum Gasteiger partial charge on any atom is -0.302 e. The molecule has 0 aliphatic rings. The van der Waals surface area contributed by atoms with Crippen LogP contribution in [0.3, 0.4) is 0 Å². The molecule has 2 aromatic rings. The fourth-order valence-electron chi connectivity index (χ4n) is 2.69. The highest BCUT2D eigenvalue weighted by molar-refractivity contribution is 7.10. The molecule has 2 atom stereocenters. The molecule has 0 radical (unpaired) electrons. The van der Waals surface area contributed by atoms with Crippen LogP contribution in [0.2, 0.25) is 0 Å². The number of aryl methyl sites for hydroxylation is 2. The van der Waals surface area contributed by atoms with Gasteiger partial charge in [-0.3, -0.25) is 4.68 Å². The predicted molar refractivity (Wildman–Crippen MR) is 81.6 cm³/mol. The van der Waals surface area contributed by atoms with E-state index in [0.717, 1.165) is 12.1 Å². The Kier molecular flexibility index (Phi) is 4.42. The summed E-state index contributed by atoms with van der Waals surface area (Å²) in [4.78, 5) is 1.41. The molecule has 0 aromatic carbocycles. The Balaban J connectivity index is 2.18. The van der Waals surface area contributed by atoms with Gasteiger partial charge in [-0.2, -0.15) is 5.10 Å². The van der Waals surface area contributed by atoms with E-state index in [9.17, 15) is 0 Å². The number of hydrogen-bond donors (Lipinski definition) is 1. The van der Waals surface area contributed by atoms with E-state index >= 15 is 0 Å². The monoisotopic (exact) mass is 277 g/mol. The molecule has 1 N–H and O–H groups in total. The molecule has 0 aliphatic carbocycles. The third-order valence-corrected chi connectivity index (χ3v) is 4.73. The van der Waals surface area contributed by atoms with Crippen molar-refractivity contribution in [2.45, 2.75) is 46.2 Å². The normalized spacial score (nSPS) is 14.6. The minimum atomic E-state index is 0.320. The molecule has 0 spiro atoms. The Hall–Kier alpha value is -1.13. The smallest absolute Gasteiger partial charge is 0.0644 e. The molecule has 0 bridgehead atoms. The van der Waals surface area contributed by atoms with Crippen LogP contribution >= 0.6 is 11.3 Å². The lowest BCUT2D eigenvalue weighted by atomic mass is 10.0. The van der Waals surface area contributed by atoms with Crippen LogP contribution in [0.1, 0.15) is 54.2 Å². The van der Waals surface area contributed by atoms with Crippen LogP contribution in [-0.4, -0.2) is 9.78 Å². The molecule has 0 saturated heterocycles. The molecule has 2 heterocycles. The largest absolute Gasteiger partial charge is 0.302 e. The zero-order valence-corrected chi connectivity index (χ0v) is 13.2. The van der Waals surface area contributed by atoms with Gasteiger partial charge in [0.1, 0.15) is 0 Å². The van der Waals surface area contributed by atoms with Gasteiger partial charge in [-0.05, 0) is 38.6 Å². The van der Waals surface area contributed by atoms with Crippen molar-refractivity contribution in [2.24, 2.45) is 7.05 Å². The molecule has 0 fully saturated rings. The zero-order chi connectivity index (χ0) is 14.0. The fraction of sp³-hybridized carbons (Fsp3) is 0.533. The second kappa shape index (κ2) is 5.88. The van der Waals surface area contributed by atoms with Gasteiger partial charge in [0, 0.05) is 35.3 Å². The maximum absolute atomic E-state index is 4.51. The van der Waals surface area contributed by atoms with Gasteiger partial charge in [-0.15, -0.1) is 11.3 Å². The quantitative estimate of drug-likeness (QED) is 0.898. The first-order valence-corrected chi connectivity index (χ1v) is 7.72. The number of hydrogen-bond acceptors (Lipinski definition) is 3. The Bertz CT molecular complexity index is 528. The van der Waals surface area contributed by atoms with Crippen LogP contribution in [0.15, 0.2) is 17.5 Å². The van der Waals surface area contributed by atoms with Crippen molar-refractivity contribution in [1.82, 2.24) is 15.1 Å². The highest BCUT2D eigenvalue weighted by atomic mass is 32.1. The molecule has 3 nitrogen and oxygen atoms in total. The standard InChI is InChI=1S/C15H23N3S/c1-6-13(14-8-7-9-19-14)16-10(2)15-11(3)17-18(5)12(15)4/h7-10,13,16H,6H2,1-5H3. The molecule has 2 unspecified atom stereocenters. The van der Waals surface area contributed by atoms with E-state index in [1.165, 1.54) is 16.1 Å². The van der Waals surface area contributed by atoms with Crippen molar-refractivity contribution < 1.29 is 0 Å². The average molecular weight is 277 g/mol. The van der Waals surface area contributed by atoms with Crippen molar-refractivity contribution in [3.05, 3.63) is 39.3 Å². The third kappa shape index (κ3) is 2.90. The zero-order valence-electron chi connectivity index (χ0n) is 12.4. The van der Waals surface area contributed by atoms with Gasteiger partial charge in [0.15, 0.2) is 0 Å². The Labute approximate surface area is 119 Å². The number of thiophene rings is 1. The summed E-state index contributed by atoms with van der Waals surface area (Å²) in [5.74, 6) is 0. The number of nitrogens with one attached hydrogen (secondary N) is 1. The van der Waals surface area contributed by atoms with E-state index in [2.05, 4.69) is 55.6 Å². The first kappa shape index (κ1) is 14.3. The van der Waals surface area contributed by atoms with Crippen LogP contribution in [0.5, 0.6) is 0 Å². The van der Waals surface area contributed by atoms with Gasteiger partial charge in [-0.1, -0.05) is 13.0 Å². The van der Waals surface area contributed by atoms with Gasteiger partial charge >= 0.3 is 0 Å². The van der Waals surface area contributed by atoms with Crippen LogP contribution in [0.25, 0.3) is 0 Å². The molecule has 2 aromatic heterocycles. The van der Waals surface area contributed by atoms with Crippen LogP contribution in [0.4, 0.5) is 0 Å². The van der Waals surface area contributed by atoms with E-state index in [4.69, 9.17) is 0 Å². The Morgan fingerprint density at radius 3 is 2.63 bits per heavy atom. The summed E-state index contributed by atoms with van der Waals surface area (Å²) < 4.78 is 1.97. The van der Waals surface area contributed by atoms with E-state index in [1.807, 2.05) is 23.1 Å². The van der Waals surface area contributed by atoms with Gasteiger partial charge in [0.05, 0.1) is 5.69 Å². The molecule has 0 aliphatic heterocycles.